The summed E-state index contributed by atoms with van der Waals surface area (Å²) in [6, 6.07) is 1.26. The van der Waals surface area contributed by atoms with E-state index < -0.39 is 9.84 Å². The lowest BCUT2D eigenvalue weighted by atomic mass is 9.80. The Balaban J connectivity index is 1.44. The quantitative estimate of drug-likeness (QED) is 0.785. The number of nitrogens with zero attached hydrogens (tertiary/aromatic N) is 1. The number of likely N-dealkylation sites (tertiary alicyclic amines) is 1. The standard InChI is InChI=1S/C18H35N3O2S/c1-21-12-4-5-15(21)13-19-18-7-3-6-17(20-18)14-8-10-16(11-9-14)24(2,22)23/h14-20H,3-13H2,1-2H3. The summed E-state index contributed by atoms with van der Waals surface area (Å²) < 4.78 is 23.5. The number of piperidine rings is 1. The van der Waals surface area contributed by atoms with Crippen LogP contribution in [0.1, 0.15) is 57.8 Å². The number of nitrogens with one attached hydrogen (secondary N) is 2. The summed E-state index contributed by atoms with van der Waals surface area (Å²) in [6.07, 6.45) is 12.0. The van der Waals surface area contributed by atoms with Crippen LogP contribution in [0.15, 0.2) is 0 Å². The van der Waals surface area contributed by atoms with E-state index >= 15 is 0 Å². The number of sulfone groups is 1. The summed E-state index contributed by atoms with van der Waals surface area (Å²) in [4.78, 5) is 2.47. The van der Waals surface area contributed by atoms with Gasteiger partial charge in [-0.25, -0.2) is 8.42 Å². The fourth-order valence-electron chi connectivity index (χ4n) is 4.93. The first-order chi connectivity index (χ1) is 11.4. The Morgan fingerprint density at radius 2 is 1.79 bits per heavy atom. The van der Waals surface area contributed by atoms with E-state index in [1.807, 2.05) is 0 Å². The lowest BCUT2D eigenvalue weighted by Gasteiger charge is -2.39. The van der Waals surface area contributed by atoms with E-state index in [9.17, 15) is 8.42 Å². The Labute approximate surface area is 147 Å². The maximum Gasteiger partial charge on any atom is 0.150 e. The zero-order valence-electron chi connectivity index (χ0n) is 15.3. The molecule has 1 saturated carbocycles. The van der Waals surface area contributed by atoms with Crippen LogP contribution in [0.25, 0.3) is 0 Å². The average Bonchev–Trinajstić information content (AvgIpc) is 2.98. The highest BCUT2D eigenvalue weighted by Crippen LogP contribution is 2.33. The van der Waals surface area contributed by atoms with Crippen LogP contribution < -0.4 is 10.6 Å². The fraction of sp³-hybridized carbons (Fsp3) is 1.00. The average molecular weight is 358 g/mol. The second-order valence-electron chi connectivity index (χ2n) is 8.31. The Morgan fingerprint density at radius 1 is 1.04 bits per heavy atom. The second kappa shape index (κ2) is 8.02. The summed E-state index contributed by atoms with van der Waals surface area (Å²) in [5.74, 6) is 0.654. The van der Waals surface area contributed by atoms with Crippen molar-refractivity contribution in [2.24, 2.45) is 5.92 Å². The largest absolute Gasteiger partial charge is 0.302 e. The molecule has 0 bridgehead atoms. The van der Waals surface area contributed by atoms with E-state index in [4.69, 9.17) is 0 Å². The first-order valence-corrected chi connectivity index (χ1v) is 11.8. The van der Waals surface area contributed by atoms with Crippen LogP contribution in [0.2, 0.25) is 0 Å². The molecule has 0 radical (unpaired) electrons. The zero-order chi connectivity index (χ0) is 17.2. The molecule has 3 atom stereocenters. The van der Waals surface area contributed by atoms with Crippen LogP contribution >= 0.6 is 0 Å². The Bertz CT molecular complexity index is 502. The molecule has 3 fully saturated rings. The highest BCUT2D eigenvalue weighted by atomic mass is 32.2. The monoisotopic (exact) mass is 357 g/mol. The maximum absolute atomic E-state index is 11.7. The number of rotatable bonds is 5. The van der Waals surface area contributed by atoms with Gasteiger partial charge in [0.25, 0.3) is 0 Å². The van der Waals surface area contributed by atoms with Crippen LogP contribution in [0.5, 0.6) is 0 Å². The third-order valence-electron chi connectivity index (χ3n) is 6.59. The predicted molar refractivity (Wildman–Crippen MR) is 98.8 cm³/mol. The zero-order valence-corrected chi connectivity index (χ0v) is 16.2. The molecule has 3 aliphatic rings. The predicted octanol–water partition coefficient (Wildman–Crippen LogP) is 1.74. The highest BCUT2D eigenvalue weighted by Gasteiger charge is 2.34. The Hall–Kier alpha value is -0.170. The third-order valence-corrected chi connectivity index (χ3v) is 8.27. The van der Waals surface area contributed by atoms with E-state index in [1.165, 1.54) is 44.9 Å². The minimum Gasteiger partial charge on any atom is -0.302 e. The van der Waals surface area contributed by atoms with E-state index in [0.717, 1.165) is 32.2 Å². The van der Waals surface area contributed by atoms with Crippen LogP contribution in [0.4, 0.5) is 0 Å². The molecular formula is C18H35N3O2S. The molecule has 2 heterocycles. The Kier molecular flexibility index (Phi) is 6.22. The lowest BCUT2D eigenvalue weighted by Crippen LogP contribution is -2.55. The molecule has 24 heavy (non-hydrogen) atoms. The molecule has 0 aromatic rings. The van der Waals surface area contributed by atoms with Gasteiger partial charge in [-0.3, -0.25) is 5.32 Å². The van der Waals surface area contributed by atoms with E-state index in [1.54, 1.807) is 0 Å². The van der Waals surface area contributed by atoms with E-state index in [0.29, 0.717) is 24.2 Å². The summed E-state index contributed by atoms with van der Waals surface area (Å²) in [6.45, 7) is 2.32. The van der Waals surface area contributed by atoms with Crippen molar-refractivity contribution in [3.63, 3.8) is 0 Å². The van der Waals surface area contributed by atoms with Gasteiger partial charge in [0.15, 0.2) is 0 Å². The molecule has 2 aliphatic heterocycles. The van der Waals surface area contributed by atoms with Crippen LogP contribution in [0.3, 0.4) is 0 Å². The number of hydrogen-bond donors (Lipinski definition) is 2. The topological polar surface area (TPSA) is 61.4 Å². The molecule has 0 aromatic heterocycles. The van der Waals surface area contributed by atoms with Gasteiger partial charge in [0.2, 0.25) is 0 Å². The lowest BCUT2D eigenvalue weighted by molar-refractivity contribution is 0.182. The molecule has 1 aliphatic carbocycles. The van der Waals surface area contributed by atoms with Crippen molar-refractivity contribution in [1.29, 1.82) is 0 Å². The molecule has 0 spiro atoms. The van der Waals surface area contributed by atoms with Crippen molar-refractivity contribution in [2.75, 3.05) is 26.4 Å². The highest BCUT2D eigenvalue weighted by molar-refractivity contribution is 7.91. The third kappa shape index (κ3) is 4.71. The van der Waals surface area contributed by atoms with Crippen LogP contribution in [-0.2, 0) is 9.84 Å². The molecule has 0 aromatic carbocycles. The molecule has 3 rings (SSSR count). The summed E-state index contributed by atoms with van der Waals surface area (Å²) >= 11 is 0. The van der Waals surface area contributed by atoms with Crippen molar-refractivity contribution < 1.29 is 8.42 Å². The minimum absolute atomic E-state index is 0.0934. The van der Waals surface area contributed by atoms with Gasteiger partial charge in [-0.1, -0.05) is 0 Å². The van der Waals surface area contributed by atoms with Gasteiger partial charge < -0.3 is 10.2 Å². The second-order valence-corrected chi connectivity index (χ2v) is 10.6. The molecule has 3 unspecified atom stereocenters. The van der Waals surface area contributed by atoms with Crippen molar-refractivity contribution in [3.8, 4) is 0 Å². The fourth-order valence-corrected chi connectivity index (χ4v) is 6.06. The van der Waals surface area contributed by atoms with Crippen LogP contribution in [0, 0.1) is 5.92 Å². The van der Waals surface area contributed by atoms with Gasteiger partial charge in [0.05, 0.1) is 11.4 Å². The van der Waals surface area contributed by atoms with Gasteiger partial charge in [0.1, 0.15) is 9.84 Å². The van der Waals surface area contributed by atoms with Crippen LogP contribution in [-0.4, -0.2) is 63.2 Å². The summed E-state index contributed by atoms with van der Waals surface area (Å²) in [7, 11) is -0.619. The molecule has 0 amide bonds. The molecule has 2 N–H and O–H groups in total. The smallest absolute Gasteiger partial charge is 0.150 e. The van der Waals surface area contributed by atoms with Gasteiger partial charge >= 0.3 is 0 Å². The molecule has 5 nitrogen and oxygen atoms in total. The van der Waals surface area contributed by atoms with Crippen molar-refractivity contribution >= 4 is 9.84 Å². The molecule has 6 heteroatoms. The Morgan fingerprint density at radius 3 is 2.42 bits per heavy atom. The van der Waals surface area contributed by atoms with Gasteiger partial charge in [-0.15, -0.1) is 0 Å². The molecule has 140 valence electrons. The maximum atomic E-state index is 11.7. The number of hydrogen-bond acceptors (Lipinski definition) is 5. The minimum atomic E-state index is -2.85. The molecular weight excluding hydrogens is 322 g/mol. The van der Waals surface area contributed by atoms with Crippen molar-refractivity contribution in [3.05, 3.63) is 0 Å². The summed E-state index contributed by atoms with van der Waals surface area (Å²) in [5, 5.41) is 7.49. The van der Waals surface area contributed by atoms with E-state index in [-0.39, 0.29) is 5.25 Å². The van der Waals surface area contributed by atoms with Crippen molar-refractivity contribution in [1.82, 2.24) is 15.5 Å². The molecule has 2 saturated heterocycles. The van der Waals surface area contributed by atoms with Gasteiger partial charge in [0, 0.05) is 24.9 Å². The SMILES string of the molecule is CN1CCCC1CNC1CCCC(C2CCC(S(C)(=O)=O)CC2)N1. The first-order valence-electron chi connectivity index (χ1n) is 9.82. The van der Waals surface area contributed by atoms with Gasteiger partial charge in [-0.2, -0.15) is 0 Å². The van der Waals surface area contributed by atoms with Gasteiger partial charge in [-0.05, 0) is 77.3 Å². The van der Waals surface area contributed by atoms with E-state index in [2.05, 4.69) is 22.6 Å². The number of likely N-dealkylation sites (N-methyl/N-ethyl adjacent to an activating group) is 1. The first kappa shape index (κ1) is 18.6. The summed E-state index contributed by atoms with van der Waals surface area (Å²) in [5.41, 5.74) is 0. The normalized spacial score (nSPS) is 39.2. The van der Waals surface area contributed by atoms with Crippen molar-refractivity contribution in [2.45, 2.75) is 81.3 Å².